The minimum Gasteiger partial charge on any atom is -0.492 e. The van der Waals surface area contributed by atoms with Crippen molar-refractivity contribution in [3.63, 3.8) is 0 Å². The van der Waals surface area contributed by atoms with Crippen molar-refractivity contribution in [2.24, 2.45) is 5.73 Å². The molecule has 0 radical (unpaired) electrons. The van der Waals surface area contributed by atoms with E-state index in [1.807, 2.05) is 66.4 Å². The fraction of sp³-hybridized carbons (Fsp3) is 0.323. The summed E-state index contributed by atoms with van der Waals surface area (Å²) in [5.41, 5.74) is 10.9. The van der Waals surface area contributed by atoms with Crippen molar-refractivity contribution < 1.29 is 14.3 Å². The Balaban J connectivity index is 1.31. The van der Waals surface area contributed by atoms with Crippen molar-refractivity contribution in [1.29, 1.82) is 0 Å². The SMILES string of the molecule is C=C(/C=C\C=C(\C)N)Cn1nc(CC)c2c(NC(=O)c3cnc4cc(OCCN5CCOCC5)ccn34)cccc21. The lowest BCUT2D eigenvalue weighted by atomic mass is 10.1. The summed E-state index contributed by atoms with van der Waals surface area (Å²) in [6, 6.07) is 9.54. The molecular formula is C31H37N7O3. The maximum Gasteiger partial charge on any atom is 0.274 e. The summed E-state index contributed by atoms with van der Waals surface area (Å²) in [6.07, 6.45) is 9.76. The standard InChI is InChI=1S/C31H37N7O3/c1-4-25-30-26(9-6-10-27(30)38(35-25)21-22(2)7-5-8-23(3)32)34-31(39)28-20-33-29-19-24(11-12-37(28)29)41-18-15-36-13-16-40-17-14-36/h5-12,19-20H,2,4,13-18,21,32H2,1,3H3,(H,34,39)/b7-5-,23-8-. The second kappa shape index (κ2) is 12.8. The number of hydrogen-bond acceptors (Lipinski definition) is 7. The normalized spacial score (nSPS) is 14.7. The van der Waals surface area contributed by atoms with E-state index >= 15 is 0 Å². The second-order valence-corrected chi connectivity index (χ2v) is 10.1. The molecule has 1 aromatic carbocycles. The molecule has 1 aliphatic rings. The molecular weight excluding hydrogens is 518 g/mol. The van der Waals surface area contributed by atoms with Crippen LogP contribution in [0.1, 0.15) is 30.0 Å². The van der Waals surface area contributed by atoms with Crippen LogP contribution < -0.4 is 15.8 Å². The van der Waals surface area contributed by atoms with Gasteiger partial charge in [0, 0.05) is 43.0 Å². The van der Waals surface area contributed by atoms with Crippen molar-refractivity contribution in [1.82, 2.24) is 24.1 Å². The van der Waals surface area contributed by atoms with Crippen LogP contribution in [0, 0.1) is 0 Å². The summed E-state index contributed by atoms with van der Waals surface area (Å²) in [7, 11) is 0. The zero-order chi connectivity index (χ0) is 28.8. The summed E-state index contributed by atoms with van der Waals surface area (Å²) in [6.45, 7) is 13.4. The Morgan fingerprint density at radius 1 is 1.27 bits per heavy atom. The number of nitrogens with zero attached hydrogens (tertiary/aromatic N) is 5. The number of pyridine rings is 1. The van der Waals surface area contributed by atoms with E-state index in [0.717, 1.165) is 72.9 Å². The van der Waals surface area contributed by atoms with Crippen LogP contribution in [-0.2, 0) is 17.7 Å². The van der Waals surface area contributed by atoms with Gasteiger partial charge in [-0.3, -0.25) is 18.8 Å². The minimum absolute atomic E-state index is 0.253. The molecule has 214 valence electrons. The van der Waals surface area contributed by atoms with Crippen LogP contribution in [0.2, 0.25) is 0 Å². The van der Waals surface area contributed by atoms with E-state index in [1.54, 1.807) is 10.6 Å². The number of carbonyl (C=O) groups excluding carboxylic acids is 1. The maximum atomic E-state index is 13.4. The fourth-order valence-corrected chi connectivity index (χ4v) is 4.88. The third-order valence-electron chi connectivity index (χ3n) is 6.97. The highest BCUT2D eigenvalue weighted by Crippen LogP contribution is 2.29. The fourth-order valence-electron chi connectivity index (χ4n) is 4.88. The third kappa shape index (κ3) is 6.67. The number of allylic oxidation sites excluding steroid dienone is 5. The highest BCUT2D eigenvalue weighted by atomic mass is 16.5. The van der Waals surface area contributed by atoms with Gasteiger partial charge in [-0.15, -0.1) is 0 Å². The van der Waals surface area contributed by atoms with E-state index in [9.17, 15) is 4.79 Å². The Hall–Kier alpha value is -4.41. The van der Waals surface area contributed by atoms with Crippen LogP contribution in [-0.4, -0.2) is 69.4 Å². The first-order valence-corrected chi connectivity index (χ1v) is 13.9. The first-order chi connectivity index (χ1) is 19.9. The molecule has 10 heteroatoms. The number of aryl methyl sites for hydroxylation is 1. The Labute approximate surface area is 239 Å². The predicted octanol–water partition coefficient (Wildman–Crippen LogP) is 4.18. The summed E-state index contributed by atoms with van der Waals surface area (Å²) >= 11 is 0. The highest BCUT2D eigenvalue weighted by molar-refractivity contribution is 6.08. The number of ether oxygens (including phenoxy) is 2. The molecule has 0 spiro atoms. The minimum atomic E-state index is -0.253. The number of anilines is 1. The van der Waals surface area contributed by atoms with Gasteiger partial charge in [0.1, 0.15) is 23.7 Å². The second-order valence-electron chi connectivity index (χ2n) is 10.1. The van der Waals surface area contributed by atoms with Gasteiger partial charge in [-0.2, -0.15) is 5.10 Å². The number of imidazole rings is 1. The number of amides is 1. The zero-order valence-electron chi connectivity index (χ0n) is 23.7. The topological polar surface area (TPSA) is 112 Å². The number of carbonyl (C=O) groups is 1. The lowest BCUT2D eigenvalue weighted by Gasteiger charge is -2.26. The number of hydrogen-bond donors (Lipinski definition) is 2. The smallest absolute Gasteiger partial charge is 0.274 e. The average molecular weight is 556 g/mol. The Morgan fingerprint density at radius 3 is 2.88 bits per heavy atom. The number of nitrogens with two attached hydrogens (primary N) is 1. The first kappa shape index (κ1) is 28.1. The molecule has 0 unspecified atom stereocenters. The van der Waals surface area contributed by atoms with Gasteiger partial charge in [0.25, 0.3) is 5.91 Å². The van der Waals surface area contributed by atoms with E-state index in [2.05, 4.69) is 28.7 Å². The monoisotopic (exact) mass is 555 g/mol. The zero-order valence-corrected chi connectivity index (χ0v) is 23.7. The lowest BCUT2D eigenvalue weighted by Crippen LogP contribution is -2.38. The van der Waals surface area contributed by atoms with Crippen LogP contribution in [0.15, 0.2) is 78.8 Å². The summed E-state index contributed by atoms with van der Waals surface area (Å²) in [5, 5.41) is 8.84. The van der Waals surface area contributed by atoms with Crippen molar-refractivity contribution in [3.8, 4) is 5.75 Å². The van der Waals surface area contributed by atoms with Crippen LogP contribution in [0.4, 0.5) is 5.69 Å². The molecule has 5 rings (SSSR count). The Bertz CT molecular complexity index is 1600. The Kier molecular flexibility index (Phi) is 8.81. The molecule has 1 amide bonds. The molecule has 4 heterocycles. The summed E-state index contributed by atoms with van der Waals surface area (Å²) in [5.74, 6) is 0.468. The van der Waals surface area contributed by atoms with Gasteiger partial charge < -0.3 is 20.5 Å². The summed E-state index contributed by atoms with van der Waals surface area (Å²) in [4.78, 5) is 20.2. The number of nitrogens with one attached hydrogen (secondary N) is 1. The molecule has 0 aliphatic carbocycles. The van der Waals surface area contributed by atoms with Crippen molar-refractivity contribution in [2.75, 3.05) is 44.8 Å². The van der Waals surface area contributed by atoms with E-state index in [-0.39, 0.29) is 5.91 Å². The molecule has 1 aliphatic heterocycles. The first-order valence-electron chi connectivity index (χ1n) is 13.9. The highest BCUT2D eigenvalue weighted by Gasteiger charge is 2.18. The molecule has 0 bridgehead atoms. The van der Waals surface area contributed by atoms with Crippen molar-refractivity contribution >= 4 is 28.1 Å². The molecule has 0 atom stereocenters. The summed E-state index contributed by atoms with van der Waals surface area (Å²) < 4.78 is 15.0. The number of benzene rings is 1. The lowest BCUT2D eigenvalue weighted by molar-refractivity contribution is 0.0322. The van der Waals surface area contributed by atoms with Gasteiger partial charge in [-0.1, -0.05) is 31.7 Å². The molecule has 41 heavy (non-hydrogen) atoms. The third-order valence-corrected chi connectivity index (χ3v) is 6.97. The largest absolute Gasteiger partial charge is 0.492 e. The van der Waals surface area contributed by atoms with Gasteiger partial charge in [-0.25, -0.2) is 4.98 Å². The number of morpholine rings is 1. The number of fused-ring (bicyclic) bond motifs is 2. The molecule has 10 nitrogen and oxygen atoms in total. The van der Waals surface area contributed by atoms with Gasteiger partial charge in [0.15, 0.2) is 0 Å². The van der Waals surface area contributed by atoms with Gasteiger partial charge in [0.05, 0.1) is 42.9 Å². The van der Waals surface area contributed by atoms with Crippen LogP contribution in [0.5, 0.6) is 5.75 Å². The molecule has 1 saturated heterocycles. The van der Waals surface area contributed by atoms with E-state index in [0.29, 0.717) is 30.2 Å². The van der Waals surface area contributed by atoms with Crippen LogP contribution >= 0.6 is 0 Å². The molecule has 3 N–H and O–H groups in total. The maximum absolute atomic E-state index is 13.4. The molecule has 3 aromatic heterocycles. The van der Waals surface area contributed by atoms with Crippen molar-refractivity contribution in [2.45, 2.75) is 26.8 Å². The van der Waals surface area contributed by atoms with Gasteiger partial charge >= 0.3 is 0 Å². The van der Waals surface area contributed by atoms with E-state index in [4.69, 9.17) is 20.3 Å². The Morgan fingerprint density at radius 2 is 2.10 bits per heavy atom. The average Bonchev–Trinajstić information content (AvgIpc) is 3.55. The van der Waals surface area contributed by atoms with E-state index < -0.39 is 0 Å². The van der Waals surface area contributed by atoms with Crippen LogP contribution in [0.3, 0.4) is 0 Å². The van der Waals surface area contributed by atoms with Gasteiger partial charge in [0.2, 0.25) is 0 Å². The predicted molar refractivity (Wildman–Crippen MR) is 161 cm³/mol. The van der Waals surface area contributed by atoms with Gasteiger partial charge in [-0.05, 0) is 43.2 Å². The van der Waals surface area contributed by atoms with Crippen molar-refractivity contribution in [3.05, 3.63) is 90.2 Å². The molecule has 1 fully saturated rings. The number of rotatable bonds is 11. The molecule has 0 saturated carbocycles. The quantitative estimate of drug-likeness (QED) is 0.267. The van der Waals surface area contributed by atoms with E-state index in [1.165, 1.54) is 0 Å². The number of aromatic nitrogens is 4. The van der Waals surface area contributed by atoms with Crippen LogP contribution in [0.25, 0.3) is 16.6 Å². The molecule has 4 aromatic rings.